The zero-order valence-electron chi connectivity index (χ0n) is 22.7. The summed E-state index contributed by atoms with van der Waals surface area (Å²) in [6.07, 6.45) is -2.18. The van der Waals surface area contributed by atoms with Gasteiger partial charge in [0.25, 0.3) is 0 Å². The molecule has 43 heavy (non-hydrogen) atoms. The van der Waals surface area contributed by atoms with Crippen LogP contribution in [-0.4, -0.2) is 23.1 Å². The Labute approximate surface area is 249 Å². The molecular weight excluding hydrogens is 613 g/mol. The molecule has 226 valence electrons. The molecule has 0 aliphatic heterocycles. The molecule has 0 saturated carbocycles. The number of rotatable bonds is 8. The number of aryl methyl sites for hydroxylation is 1. The number of pyridine rings is 1. The molecule has 0 bridgehead atoms. The molecule has 0 radical (unpaired) electrons. The standard InChI is InChI=1S/C31H26F7NO2P2/c1-2-3-4-19-9-12-25(39-17-19)21-10-7-18(8-11-21)5-6-20-13-23(32)28(26(42)14-20)30(34,35)40-22-15-24(33)29(27(43)16-22)41-31(36,37)38/h7-17,26,28H,2-4,42-43H2,1H3. The van der Waals surface area contributed by atoms with Gasteiger partial charge in [0.2, 0.25) is 0 Å². The number of alkyl halides is 5. The van der Waals surface area contributed by atoms with Gasteiger partial charge in [-0.1, -0.05) is 49.5 Å². The summed E-state index contributed by atoms with van der Waals surface area (Å²) in [5.41, 5.74) is 2.46. The van der Waals surface area contributed by atoms with E-state index in [1.54, 1.807) is 21.4 Å². The maximum absolute atomic E-state index is 15.0. The normalized spacial score (nSPS) is 17.0. The molecule has 3 aromatic rings. The molecule has 2 aromatic carbocycles. The number of hydrogen-bond acceptors (Lipinski definition) is 3. The lowest BCUT2D eigenvalue weighted by Crippen LogP contribution is -2.41. The third kappa shape index (κ3) is 8.59. The molecule has 4 rings (SSSR count). The summed E-state index contributed by atoms with van der Waals surface area (Å²) in [5.74, 6) is -1.31. The fourth-order valence-corrected chi connectivity index (χ4v) is 5.30. The SMILES string of the molecule is CCCCc1ccc(-c2ccc(C#CC3=CC(P)C(C(F)(F)Oc4cc(F)c(OC(F)(F)F)c(P)c4)C(F)=C3)cc2)nc1. The Hall–Kier alpha value is -3.40. The van der Waals surface area contributed by atoms with E-state index in [-0.39, 0.29) is 5.57 Å². The van der Waals surface area contributed by atoms with Crippen LogP contribution in [0.15, 0.2) is 78.3 Å². The van der Waals surface area contributed by atoms with Gasteiger partial charge in [-0.3, -0.25) is 4.98 Å². The molecule has 12 heteroatoms. The van der Waals surface area contributed by atoms with Crippen molar-refractivity contribution in [3.63, 3.8) is 0 Å². The molecule has 0 saturated heterocycles. The Morgan fingerprint density at radius 1 is 0.953 bits per heavy atom. The van der Waals surface area contributed by atoms with Crippen LogP contribution in [0.2, 0.25) is 0 Å². The van der Waals surface area contributed by atoms with Crippen molar-refractivity contribution >= 4 is 23.8 Å². The summed E-state index contributed by atoms with van der Waals surface area (Å²) in [6.45, 7) is 2.13. The van der Waals surface area contributed by atoms with Crippen molar-refractivity contribution in [3.05, 3.63) is 95.2 Å². The van der Waals surface area contributed by atoms with Crippen LogP contribution >= 0.6 is 18.5 Å². The molecule has 1 aliphatic rings. The monoisotopic (exact) mass is 639 g/mol. The second-order valence-corrected chi connectivity index (χ2v) is 11.1. The minimum absolute atomic E-state index is 0.157. The molecule has 1 aromatic heterocycles. The summed E-state index contributed by atoms with van der Waals surface area (Å²) < 4.78 is 105. The molecular formula is C31H26F7NO2P2. The van der Waals surface area contributed by atoms with Gasteiger partial charge in [-0.2, -0.15) is 8.78 Å². The van der Waals surface area contributed by atoms with Gasteiger partial charge in [0.15, 0.2) is 11.6 Å². The molecule has 1 heterocycles. The van der Waals surface area contributed by atoms with Crippen molar-refractivity contribution in [2.24, 2.45) is 5.92 Å². The van der Waals surface area contributed by atoms with Crippen LogP contribution in [0.3, 0.4) is 0 Å². The van der Waals surface area contributed by atoms with E-state index in [2.05, 4.69) is 42.5 Å². The third-order valence-corrected chi connectivity index (χ3v) is 7.41. The number of aromatic nitrogens is 1. The second kappa shape index (κ2) is 13.5. The Balaban J connectivity index is 1.44. The Bertz CT molecular complexity index is 1550. The van der Waals surface area contributed by atoms with Gasteiger partial charge in [0.05, 0.1) is 5.69 Å². The van der Waals surface area contributed by atoms with Gasteiger partial charge in [-0.25, -0.2) is 8.78 Å². The van der Waals surface area contributed by atoms with Gasteiger partial charge in [0.1, 0.15) is 17.5 Å². The smallest absolute Gasteiger partial charge is 0.432 e. The minimum Gasteiger partial charge on any atom is -0.432 e. The van der Waals surface area contributed by atoms with E-state index >= 15 is 8.78 Å². The number of benzene rings is 2. The first-order chi connectivity index (χ1) is 20.3. The fourth-order valence-electron chi connectivity index (χ4n) is 4.32. The Kier molecular flexibility index (Phi) is 10.2. The maximum Gasteiger partial charge on any atom is 0.573 e. The summed E-state index contributed by atoms with van der Waals surface area (Å²) in [6, 6.07) is 12.3. The van der Waals surface area contributed by atoms with Crippen LogP contribution in [0.1, 0.15) is 30.9 Å². The lowest BCUT2D eigenvalue weighted by atomic mass is 9.93. The Morgan fingerprint density at radius 2 is 1.67 bits per heavy atom. The van der Waals surface area contributed by atoms with Crippen molar-refractivity contribution in [2.45, 2.75) is 44.3 Å². The van der Waals surface area contributed by atoms with Crippen LogP contribution in [0.4, 0.5) is 30.7 Å². The predicted molar refractivity (Wildman–Crippen MR) is 157 cm³/mol. The van der Waals surface area contributed by atoms with Crippen LogP contribution in [0.5, 0.6) is 11.5 Å². The lowest BCUT2D eigenvalue weighted by molar-refractivity contribution is -0.275. The Morgan fingerprint density at radius 3 is 2.26 bits per heavy atom. The first-order valence-electron chi connectivity index (χ1n) is 13.1. The first-order valence-corrected chi connectivity index (χ1v) is 14.3. The van der Waals surface area contributed by atoms with E-state index in [0.717, 1.165) is 36.6 Å². The lowest BCUT2D eigenvalue weighted by Gasteiger charge is -2.31. The highest BCUT2D eigenvalue weighted by atomic mass is 31.0. The van der Waals surface area contributed by atoms with Crippen molar-refractivity contribution in [1.82, 2.24) is 4.98 Å². The van der Waals surface area contributed by atoms with Gasteiger partial charge >= 0.3 is 12.5 Å². The average molecular weight is 639 g/mol. The van der Waals surface area contributed by atoms with E-state index in [1.165, 1.54) is 11.6 Å². The van der Waals surface area contributed by atoms with Crippen molar-refractivity contribution in [3.8, 4) is 34.6 Å². The number of unbranched alkanes of at least 4 members (excludes halogenated alkanes) is 1. The van der Waals surface area contributed by atoms with Gasteiger partial charge in [-0.15, -0.1) is 31.7 Å². The van der Waals surface area contributed by atoms with E-state index in [4.69, 9.17) is 0 Å². The number of nitrogens with zero attached hydrogens (tertiary/aromatic N) is 1. The van der Waals surface area contributed by atoms with Crippen LogP contribution in [-0.2, 0) is 6.42 Å². The van der Waals surface area contributed by atoms with Gasteiger partial charge in [-0.05, 0) is 48.7 Å². The molecule has 0 N–H and O–H groups in total. The quantitative estimate of drug-likeness (QED) is 0.141. The minimum atomic E-state index is -5.20. The second-order valence-electron chi connectivity index (χ2n) is 9.72. The summed E-state index contributed by atoms with van der Waals surface area (Å²) in [5, 5.41) is -0.521. The van der Waals surface area contributed by atoms with Crippen LogP contribution in [0.25, 0.3) is 11.3 Å². The highest BCUT2D eigenvalue weighted by Gasteiger charge is 2.49. The molecule has 4 atom stereocenters. The average Bonchev–Trinajstić information content (AvgIpc) is 2.92. The maximum atomic E-state index is 15.0. The topological polar surface area (TPSA) is 31.4 Å². The van der Waals surface area contributed by atoms with Crippen molar-refractivity contribution < 1.29 is 40.2 Å². The number of ether oxygens (including phenoxy) is 2. The fraction of sp³-hybridized carbons (Fsp3) is 0.258. The zero-order valence-corrected chi connectivity index (χ0v) is 25.0. The van der Waals surface area contributed by atoms with Crippen molar-refractivity contribution in [2.75, 3.05) is 0 Å². The highest BCUT2D eigenvalue weighted by molar-refractivity contribution is 7.27. The molecule has 0 spiro atoms. The largest absolute Gasteiger partial charge is 0.573 e. The first kappa shape index (κ1) is 32.5. The number of hydrogen-bond donors (Lipinski definition) is 0. The summed E-state index contributed by atoms with van der Waals surface area (Å²) in [7, 11) is 3.83. The zero-order chi connectivity index (χ0) is 31.4. The highest BCUT2D eigenvalue weighted by Crippen LogP contribution is 2.42. The van der Waals surface area contributed by atoms with Crippen molar-refractivity contribution in [1.29, 1.82) is 0 Å². The van der Waals surface area contributed by atoms with E-state index in [0.29, 0.717) is 17.7 Å². The predicted octanol–water partition coefficient (Wildman–Crippen LogP) is 8.31. The van der Waals surface area contributed by atoms with Crippen LogP contribution < -0.4 is 14.8 Å². The third-order valence-electron chi connectivity index (χ3n) is 6.40. The van der Waals surface area contributed by atoms with E-state index in [1.807, 2.05) is 30.5 Å². The molecule has 1 aliphatic carbocycles. The molecule has 3 nitrogen and oxygen atoms in total. The molecule has 0 amide bonds. The number of allylic oxidation sites excluding steroid dienone is 3. The number of halogens is 7. The molecule has 0 fully saturated rings. The van der Waals surface area contributed by atoms with E-state index < -0.39 is 52.5 Å². The van der Waals surface area contributed by atoms with Crippen LogP contribution in [0, 0.1) is 23.6 Å². The van der Waals surface area contributed by atoms with E-state index in [9.17, 15) is 22.0 Å². The summed E-state index contributed by atoms with van der Waals surface area (Å²) in [4.78, 5) is 4.51. The van der Waals surface area contributed by atoms with Gasteiger partial charge in [0, 0.05) is 39.9 Å². The summed E-state index contributed by atoms with van der Waals surface area (Å²) >= 11 is 0. The van der Waals surface area contributed by atoms with Gasteiger partial charge < -0.3 is 9.47 Å². The molecule has 4 unspecified atom stereocenters.